The number of methoxy groups -OCH3 is 2. The molecule has 0 unspecified atom stereocenters. The molecule has 214 valence electrons. The van der Waals surface area contributed by atoms with E-state index in [2.05, 4.69) is 54.6 Å². The number of benzene rings is 4. The molecule has 6 rings (SSSR count). The molecule has 5 nitrogen and oxygen atoms in total. The van der Waals surface area contributed by atoms with Crippen LogP contribution in [0, 0.1) is 5.92 Å². The van der Waals surface area contributed by atoms with E-state index in [1.807, 2.05) is 72.8 Å². The highest BCUT2D eigenvalue weighted by Crippen LogP contribution is 2.56. The van der Waals surface area contributed by atoms with E-state index < -0.39 is 30.5 Å². The summed E-state index contributed by atoms with van der Waals surface area (Å²) in [6, 6.07) is 41.0. The fourth-order valence-electron chi connectivity index (χ4n) is 6.73. The standard InChI is InChI=1S/C36H37BO5/c1-39-35(28-17-7-3-8-18-28,29-19-9-4-10-20-29)33-34(42-37(41-33)32-26-27(32)16-15-25-38)36(40-2,30-21-11-5-12-22-30)31-23-13-6-14-24-31/h3-24,27,32-34,38H,25-26H2,1-2H3/b16-15+/t27-,32+,33-,34-/m1/s1. The van der Waals surface area contributed by atoms with E-state index in [1.165, 1.54) is 0 Å². The zero-order chi connectivity index (χ0) is 29.0. The normalized spacial score (nSPS) is 22.5. The molecule has 0 spiro atoms. The monoisotopic (exact) mass is 560 g/mol. The number of hydrogen-bond acceptors (Lipinski definition) is 5. The summed E-state index contributed by atoms with van der Waals surface area (Å²) < 4.78 is 27.5. The van der Waals surface area contributed by atoms with Crippen LogP contribution >= 0.6 is 0 Å². The Bertz CT molecular complexity index is 1270. The molecular formula is C36H37BO5. The first kappa shape index (κ1) is 28.6. The van der Waals surface area contributed by atoms with Gasteiger partial charge < -0.3 is 23.9 Å². The van der Waals surface area contributed by atoms with Crippen LogP contribution in [0.1, 0.15) is 28.7 Å². The first-order valence-electron chi connectivity index (χ1n) is 14.6. The molecule has 1 saturated heterocycles. The predicted octanol–water partition coefficient (Wildman–Crippen LogP) is 6.38. The number of aliphatic hydroxyl groups excluding tert-OH is 1. The lowest BCUT2D eigenvalue weighted by molar-refractivity contribution is -0.136. The molecule has 2 fully saturated rings. The van der Waals surface area contributed by atoms with Gasteiger partial charge in [0.05, 0.1) is 6.61 Å². The van der Waals surface area contributed by atoms with Gasteiger partial charge in [0.25, 0.3) is 0 Å². The third-order valence-electron chi connectivity index (χ3n) is 8.82. The van der Waals surface area contributed by atoms with E-state index in [9.17, 15) is 5.11 Å². The van der Waals surface area contributed by atoms with E-state index in [4.69, 9.17) is 18.8 Å². The summed E-state index contributed by atoms with van der Waals surface area (Å²) in [6.45, 7) is 0.0183. The van der Waals surface area contributed by atoms with Crippen LogP contribution in [0.4, 0.5) is 0 Å². The maximum absolute atomic E-state index is 9.38. The highest BCUT2D eigenvalue weighted by Gasteiger charge is 2.65. The van der Waals surface area contributed by atoms with Crippen molar-refractivity contribution in [1.82, 2.24) is 0 Å². The van der Waals surface area contributed by atoms with Gasteiger partial charge in [-0.1, -0.05) is 133 Å². The molecule has 0 radical (unpaired) electrons. The van der Waals surface area contributed by atoms with E-state index in [0.29, 0.717) is 0 Å². The van der Waals surface area contributed by atoms with Crippen LogP contribution in [-0.2, 0) is 30.0 Å². The zero-order valence-electron chi connectivity index (χ0n) is 24.1. The van der Waals surface area contributed by atoms with Gasteiger partial charge in [0.15, 0.2) is 0 Å². The molecule has 4 aromatic carbocycles. The number of allylic oxidation sites excluding steroid dienone is 1. The fourth-order valence-corrected chi connectivity index (χ4v) is 6.73. The van der Waals surface area contributed by atoms with Gasteiger partial charge in [-0.05, 0) is 34.6 Å². The van der Waals surface area contributed by atoms with Crippen molar-refractivity contribution in [2.24, 2.45) is 5.92 Å². The average Bonchev–Trinajstić information content (AvgIpc) is 3.72. The second kappa shape index (κ2) is 12.4. The van der Waals surface area contributed by atoms with Crippen LogP contribution in [0.2, 0.25) is 5.82 Å². The molecule has 0 amide bonds. The summed E-state index contributed by atoms with van der Waals surface area (Å²) in [7, 11) is 3.01. The minimum atomic E-state index is -1.01. The van der Waals surface area contributed by atoms with Crippen LogP contribution in [0.5, 0.6) is 0 Å². The van der Waals surface area contributed by atoms with Gasteiger partial charge in [0.2, 0.25) is 0 Å². The smallest absolute Gasteiger partial charge is 0.402 e. The van der Waals surface area contributed by atoms with Crippen molar-refractivity contribution in [1.29, 1.82) is 0 Å². The van der Waals surface area contributed by atoms with E-state index in [-0.39, 0.29) is 18.3 Å². The quantitative estimate of drug-likeness (QED) is 0.171. The second-order valence-electron chi connectivity index (χ2n) is 11.0. The van der Waals surface area contributed by atoms with Crippen molar-refractivity contribution in [2.45, 2.75) is 35.6 Å². The maximum atomic E-state index is 9.38. The lowest BCUT2D eigenvalue weighted by Crippen LogP contribution is -2.56. The van der Waals surface area contributed by atoms with Crippen LogP contribution < -0.4 is 0 Å². The van der Waals surface area contributed by atoms with Crippen molar-refractivity contribution in [2.75, 3.05) is 20.8 Å². The summed E-state index contributed by atoms with van der Waals surface area (Å²) >= 11 is 0. The van der Waals surface area contributed by atoms with Gasteiger partial charge in [0, 0.05) is 20.0 Å². The Hall–Kier alpha value is -3.52. The SMILES string of the molecule is COC(c1ccccc1)(c1ccccc1)[C@@H]1OB([C@H]2C[C@H]2/C=C/CO)O[C@H]1C(OC)(c1ccccc1)c1ccccc1. The lowest BCUT2D eigenvalue weighted by atomic mass is 9.71. The van der Waals surface area contributed by atoms with Crippen molar-refractivity contribution in [3.8, 4) is 0 Å². The molecule has 1 aliphatic heterocycles. The summed E-state index contributed by atoms with van der Waals surface area (Å²) in [6.07, 6.45) is 3.60. The molecule has 6 heteroatoms. The van der Waals surface area contributed by atoms with Crippen LogP contribution in [-0.4, -0.2) is 45.3 Å². The van der Waals surface area contributed by atoms with Crippen LogP contribution in [0.3, 0.4) is 0 Å². The van der Waals surface area contributed by atoms with Crippen LogP contribution in [0.25, 0.3) is 0 Å². The van der Waals surface area contributed by atoms with Crippen LogP contribution in [0.15, 0.2) is 133 Å². The summed E-state index contributed by atoms with van der Waals surface area (Å²) in [5.41, 5.74) is 1.85. The zero-order valence-corrected chi connectivity index (χ0v) is 24.1. The van der Waals surface area contributed by atoms with Crippen molar-refractivity contribution in [3.05, 3.63) is 156 Å². The third kappa shape index (κ3) is 4.93. The van der Waals surface area contributed by atoms with Gasteiger partial charge in [-0.15, -0.1) is 0 Å². The molecule has 0 bridgehead atoms. The van der Waals surface area contributed by atoms with Crippen molar-refractivity contribution < 1.29 is 23.9 Å². The fraction of sp³-hybridized carbons (Fsp3) is 0.278. The Morgan fingerprint density at radius 1 is 0.667 bits per heavy atom. The molecule has 4 aromatic rings. The molecule has 42 heavy (non-hydrogen) atoms. The molecule has 1 aliphatic carbocycles. The molecule has 0 aromatic heterocycles. The molecular weight excluding hydrogens is 523 g/mol. The van der Waals surface area contributed by atoms with E-state index in [1.54, 1.807) is 20.3 Å². The average molecular weight is 560 g/mol. The molecule has 2 aliphatic rings. The van der Waals surface area contributed by atoms with Crippen molar-refractivity contribution in [3.63, 3.8) is 0 Å². The Labute approximate surface area is 248 Å². The topological polar surface area (TPSA) is 57.2 Å². The Morgan fingerprint density at radius 3 is 1.33 bits per heavy atom. The number of ether oxygens (including phenoxy) is 2. The van der Waals surface area contributed by atoms with Gasteiger partial charge in [-0.25, -0.2) is 0 Å². The Kier molecular flexibility index (Phi) is 8.43. The summed E-state index contributed by atoms with van der Waals surface area (Å²) in [5.74, 6) is 0.430. The van der Waals surface area contributed by atoms with Gasteiger partial charge >= 0.3 is 7.12 Å². The lowest BCUT2D eigenvalue weighted by Gasteiger charge is -2.47. The van der Waals surface area contributed by atoms with Gasteiger partial charge in [0.1, 0.15) is 23.4 Å². The van der Waals surface area contributed by atoms with E-state index >= 15 is 0 Å². The second-order valence-corrected chi connectivity index (χ2v) is 11.0. The number of aliphatic hydroxyl groups is 1. The highest BCUT2D eigenvalue weighted by atomic mass is 16.7. The van der Waals surface area contributed by atoms with Crippen molar-refractivity contribution >= 4 is 7.12 Å². The third-order valence-corrected chi connectivity index (χ3v) is 8.82. The first-order chi connectivity index (χ1) is 20.7. The van der Waals surface area contributed by atoms with E-state index in [0.717, 1.165) is 28.7 Å². The predicted molar refractivity (Wildman–Crippen MR) is 165 cm³/mol. The number of hydrogen-bond donors (Lipinski definition) is 1. The maximum Gasteiger partial charge on any atom is 0.461 e. The summed E-state index contributed by atoms with van der Waals surface area (Å²) in [5, 5.41) is 9.38. The largest absolute Gasteiger partial charge is 0.461 e. The number of rotatable bonds is 11. The minimum Gasteiger partial charge on any atom is -0.402 e. The Morgan fingerprint density at radius 2 is 1.02 bits per heavy atom. The van der Waals surface area contributed by atoms with Gasteiger partial charge in [-0.2, -0.15) is 0 Å². The minimum absolute atomic E-state index is 0.0183. The Balaban J connectivity index is 1.58. The molecule has 1 heterocycles. The first-order valence-corrected chi connectivity index (χ1v) is 14.6. The highest BCUT2D eigenvalue weighted by molar-refractivity contribution is 6.48. The van der Waals surface area contributed by atoms with Gasteiger partial charge in [-0.3, -0.25) is 0 Å². The molecule has 1 N–H and O–H groups in total. The summed E-state index contributed by atoms with van der Waals surface area (Å²) in [4.78, 5) is 0. The molecule has 1 saturated carbocycles. The molecule has 4 atom stereocenters.